The van der Waals surface area contributed by atoms with E-state index in [2.05, 4.69) is 39.2 Å². The fourth-order valence-electron chi connectivity index (χ4n) is 3.10. The fraction of sp³-hybridized carbons (Fsp3) is 0.421. The van der Waals surface area contributed by atoms with Crippen molar-refractivity contribution in [3.63, 3.8) is 0 Å². The normalized spacial score (nSPS) is 22.2. The van der Waals surface area contributed by atoms with Gasteiger partial charge in [0.05, 0.1) is 15.2 Å². The molecule has 2 nitrogen and oxygen atoms in total. The molecule has 0 bridgehead atoms. The summed E-state index contributed by atoms with van der Waals surface area (Å²) >= 11 is 0. The molecule has 1 aliphatic rings. The Bertz CT molecular complexity index is 637. The van der Waals surface area contributed by atoms with E-state index in [0.29, 0.717) is 6.42 Å². The third-order valence-electron chi connectivity index (χ3n) is 4.70. The van der Waals surface area contributed by atoms with Gasteiger partial charge in [-0.2, -0.15) is 0 Å². The second-order valence-corrected chi connectivity index (χ2v) is 12.4. The van der Waals surface area contributed by atoms with Crippen LogP contribution in [0, 0.1) is 0 Å². The fourth-order valence-corrected chi connectivity index (χ4v) is 4.26. The Labute approximate surface area is 134 Å². The molecule has 1 aromatic rings. The molecule has 118 valence electrons. The number of methoxy groups -OCH3 is 1. The monoisotopic (exact) mass is 314 g/mol. The van der Waals surface area contributed by atoms with Crippen LogP contribution in [0.15, 0.2) is 47.7 Å². The Morgan fingerprint density at radius 1 is 1.27 bits per heavy atom. The van der Waals surface area contributed by atoms with E-state index >= 15 is 0 Å². The molecule has 0 aromatic heterocycles. The Hall–Kier alpha value is -1.61. The highest BCUT2D eigenvalue weighted by Crippen LogP contribution is 2.47. The summed E-state index contributed by atoms with van der Waals surface area (Å²) in [5, 5.41) is 1.16. The van der Waals surface area contributed by atoms with Crippen LogP contribution in [0.5, 0.6) is 5.75 Å². The summed E-state index contributed by atoms with van der Waals surface area (Å²) in [6, 6.07) is 8.12. The summed E-state index contributed by atoms with van der Waals surface area (Å²) in [5.41, 5.74) is 2.04. The standard InChI is InChI=1S/C19H26O2Si/c1-14(22(4,5)6)17-13-15(20)11-12-19(17,2)16-9-7-8-10-18(16)21-3/h7-10,13H,1,11-12H2,2-6H3. The minimum Gasteiger partial charge on any atom is -0.496 e. The van der Waals surface area contributed by atoms with Crippen molar-refractivity contribution in [3.8, 4) is 5.75 Å². The van der Waals surface area contributed by atoms with E-state index in [1.54, 1.807) is 7.11 Å². The smallest absolute Gasteiger partial charge is 0.156 e. The second kappa shape index (κ2) is 5.88. The SMILES string of the molecule is C=C(C1=CC(=O)CCC1(C)c1ccccc1OC)[Si](C)(C)C. The zero-order chi connectivity index (χ0) is 16.5. The zero-order valence-electron chi connectivity index (χ0n) is 14.3. The van der Waals surface area contributed by atoms with Gasteiger partial charge in [-0.3, -0.25) is 4.79 Å². The highest BCUT2D eigenvalue weighted by atomic mass is 28.3. The van der Waals surface area contributed by atoms with Crippen molar-refractivity contribution >= 4 is 13.9 Å². The lowest BCUT2D eigenvalue weighted by Crippen LogP contribution is -2.37. The zero-order valence-corrected chi connectivity index (χ0v) is 15.3. The van der Waals surface area contributed by atoms with Crippen LogP contribution in [0.25, 0.3) is 0 Å². The first kappa shape index (κ1) is 16.8. The molecule has 0 fully saturated rings. The molecule has 0 saturated heterocycles. The van der Waals surface area contributed by atoms with Gasteiger partial charge in [0.1, 0.15) is 5.75 Å². The Morgan fingerprint density at radius 3 is 2.50 bits per heavy atom. The maximum atomic E-state index is 12.0. The third kappa shape index (κ3) is 2.95. The summed E-state index contributed by atoms with van der Waals surface area (Å²) < 4.78 is 5.57. The van der Waals surface area contributed by atoms with Gasteiger partial charge in [0.25, 0.3) is 0 Å². The van der Waals surface area contributed by atoms with Crippen LogP contribution in [0.2, 0.25) is 19.6 Å². The maximum Gasteiger partial charge on any atom is 0.156 e. The maximum absolute atomic E-state index is 12.0. The molecule has 0 spiro atoms. The molecule has 1 aliphatic carbocycles. The first-order chi connectivity index (χ1) is 10.2. The number of rotatable bonds is 4. The van der Waals surface area contributed by atoms with Gasteiger partial charge in [0, 0.05) is 17.4 Å². The minimum absolute atomic E-state index is 0.210. The van der Waals surface area contributed by atoms with Crippen LogP contribution in [-0.4, -0.2) is 21.0 Å². The molecule has 22 heavy (non-hydrogen) atoms. The van der Waals surface area contributed by atoms with E-state index in [9.17, 15) is 4.79 Å². The Kier molecular flexibility index (Phi) is 4.48. The van der Waals surface area contributed by atoms with Crippen molar-refractivity contribution < 1.29 is 9.53 Å². The number of carbonyl (C=O) groups excluding carboxylic acids is 1. The van der Waals surface area contributed by atoms with Crippen LogP contribution in [0.4, 0.5) is 0 Å². The molecular weight excluding hydrogens is 288 g/mol. The van der Waals surface area contributed by atoms with Gasteiger partial charge in [-0.05, 0) is 24.1 Å². The lowest BCUT2D eigenvalue weighted by atomic mass is 9.68. The number of hydrogen-bond donors (Lipinski definition) is 0. The van der Waals surface area contributed by atoms with Crippen LogP contribution < -0.4 is 4.74 Å². The van der Waals surface area contributed by atoms with Crippen molar-refractivity contribution in [1.29, 1.82) is 0 Å². The van der Waals surface area contributed by atoms with Gasteiger partial charge < -0.3 is 4.74 Å². The summed E-state index contributed by atoms with van der Waals surface area (Å²) in [4.78, 5) is 12.0. The lowest BCUT2D eigenvalue weighted by molar-refractivity contribution is -0.115. The highest BCUT2D eigenvalue weighted by Gasteiger charge is 2.40. The van der Waals surface area contributed by atoms with E-state index in [-0.39, 0.29) is 11.2 Å². The van der Waals surface area contributed by atoms with Gasteiger partial charge in [0.15, 0.2) is 5.78 Å². The number of hydrogen-bond acceptors (Lipinski definition) is 2. The summed E-state index contributed by atoms with van der Waals surface area (Å²) in [5.74, 6) is 1.09. The molecule has 0 heterocycles. The van der Waals surface area contributed by atoms with Gasteiger partial charge in [-0.15, -0.1) is 0 Å². The Morgan fingerprint density at radius 2 is 1.91 bits per heavy atom. The van der Waals surface area contributed by atoms with Crippen LogP contribution in [0.3, 0.4) is 0 Å². The summed E-state index contributed by atoms with van der Waals surface area (Å²) in [6.45, 7) is 13.4. The number of carbonyl (C=O) groups is 1. The van der Waals surface area contributed by atoms with Crippen LogP contribution in [0.1, 0.15) is 25.3 Å². The number of allylic oxidation sites excluding steroid dienone is 3. The molecule has 1 unspecified atom stereocenters. The average molecular weight is 315 g/mol. The lowest BCUT2D eigenvalue weighted by Gasteiger charge is -2.40. The Balaban J connectivity index is 2.62. The summed E-state index contributed by atoms with van der Waals surface area (Å²) in [7, 11) is 0.119. The second-order valence-electron chi connectivity index (χ2n) is 7.29. The van der Waals surface area contributed by atoms with Crippen molar-refractivity contribution in [3.05, 3.63) is 53.3 Å². The quantitative estimate of drug-likeness (QED) is 0.755. The van der Waals surface area contributed by atoms with Gasteiger partial charge in [0.2, 0.25) is 0 Å². The van der Waals surface area contributed by atoms with E-state index in [1.807, 2.05) is 24.3 Å². The number of benzene rings is 1. The van der Waals surface area contributed by atoms with Crippen molar-refractivity contribution in [2.24, 2.45) is 0 Å². The number of ether oxygens (including phenoxy) is 1. The molecule has 0 aliphatic heterocycles. The average Bonchev–Trinajstić information content (AvgIpc) is 2.48. The van der Waals surface area contributed by atoms with Crippen molar-refractivity contribution in [2.75, 3.05) is 7.11 Å². The highest BCUT2D eigenvalue weighted by molar-refractivity contribution is 6.84. The number of ketones is 1. The van der Waals surface area contributed by atoms with E-state index in [1.165, 1.54) is 0 Å². The number of para-hydroxylation sites is 1. The molecule has 0 amide bonds. The third-order valence-corrected chi connectivity index (χ3v) is 6.78. The topological polar surface area (TPSA) is 26.3 Å². The van der Waals surface area contributed by atoms with E-state index in [0.717, 1.165) is 28.5 Å². The predicted molar refractivity (Wildman–Crippen MR) is 95.2 cm³/mol. The van der Waals surface area contributed by atoms with E-state index in [4.69, 9.17) is 4.74 Å². The van der Waals surface area contributed by atoms with Gasteiger partial charge in [-0.1, -0.05) is 56.5 Å². The molecule has 1 aromatic carbocycles. The molecule has 0 N–H and O–H groups in total. The first-order valence-corrected chi connectivity index (χ1v) is 11.3. The molecule has 1 atom stereocenters. The van der Waals surface area contributed by atoms with Gasteiger partial charge >= 0.3 is 0 Å². The molecule has 3 heteroatoms. The van der Waals surface area contributed by atoms with Crippen LogP contribution in [-0.2, 0) is 10.2 Å². The predicted octanol–water partition coefficient (Wildman–Crippen LogP) is 4.68. The van der Waals surface area contributed by atoms with Gasteiger partial charge in [-0.25, -0.2) is 0 Å². The molecule has 0 saturated carbocycles. The molecular formula is C19H26O2Si. The largest absolute Gasteiger partial charge is 0.496 e. The summed E-state index contributed by atoms with van der Waals surface area (Å²) in [6.07, 6.45) is 3.22. The van der Waals surface area contributed by atoms with E-state index < -0.39 is 8.07 Å². The molecule has 2 rings (SSSR count). The van der Waals surface area contributed by atoms with Crippen molar-refractivity contribution in [2.45, 2.75) is 44.8 Å². The van der Waals surface area contributed by atoms with Crippen LogP contribution >= 0.6 is 0 Å². The van der Waals surface area contributed by atoms with Crippen molar-refractivity contribution in [1.82, 2.24) is 0 Å². The first-order valence-electron chi connectivity index (χ1n) is 7.78. The molecule has 0 radical (unpaired) electrons. The minimum atomic E-state index is -1.58.